The molecule has 142 valence electrons. The fourth-order valence-corrected chi connectivity index (χ4v) is 3.00. The summed E-state index contributed by atoms with van der Waals surface area (Å²) >= 11 is 0. The summed E-state index contributed by atoms with van der Waals surface area (Å²) in [6, 6.07) is 7.65. The fourth-order valence-electron chi connectivity index (χ4n) is 2.44. The molecule has 0 atom stereocenters. The van der Waals surface area contributed by atoms with Gasteiger partial charge in [0.05, 0.1) is 24.7 Å². The number of alkyl halides is 2. The number of pyridine rings is 1. The van der Waals surface area contributed by atoms with Crippen molar-refractivity contribution in [1.29, 1.82) is 0 Å². The van der Waals surface area contributed by atoms with Crippen molar-refractivity contribution < 1.29 is 26.3 Å². The molecule has 0 spiro atoms. The predicted octanol–water partition coefficient (Wildman–Crippen LogP) is 3.42. The molecule has 2 heterocycles. The van der Waals surface area contributed by atoms with E-state index in [4.69, 9.17) is 4.74 Å². The zero-order valence-electron chi connectivity index (χ0n) is 14.2. The Morgan fingerprint density at radius 1 is 1.15 bits per heavy atom. The lowest BCUT2D eigenvalue weighted by atomic mass is 10.1. The van der Waals surface area contributed by atoms with Gasteiger partial charge < -0.3 is 4.74 Å². The minimum absolute atomic E-state index is 0.0300. The molecule has 6 nitrogen and oxygen atoms in total. The van der Waals surface area contributed by atoms with Gasteiger partial charge in [0.15, 0.2) is 14.9 Å². The maximum absolute atomic E-state index is 14.4. The number of nitrogens with zero attached hydrogens (tertiary/aromatic N) is 3. The Morgan fingerprint density at radius 2 is 1.89 bits per heavy atom. The van der Waals surface area contributed by atoms with Crippen molar-refractivity contribution in [3.8, 4) is 22.7 Å². The Hall–Kier alpha value is -2.88. The molecular formula is C17H14F3N3O3S. The largest absolute Gasteiger partial charge is 0.497 e. The third-order valence-corrected chi connectivity index (χ3v) is 4.75. The second-order valence-corrected chi connectivity index (χ2v) is 7.60. The van der Waals surface area contributed by atoms with E-state index in [0.29, 0.717) is 0 Å². The van der Waals surface area contributed by atoms with Crippen LogP contribution < -0.4 is 4.74 Å². The number of halogens is 3. The van der Waals surface area contributed by atoms with Crippen LogP contribution in [0, 0.1) is 5.82 Å². The SMILES string of the molecule is COc1ccc(-c2cc(C(F)F)nn2-c2ccc(S(C)(=O)=O)nc2)c(F)c1. The van der Waals surface area contributed by atoms with Crippen LogP contribution in [0.5, 0.6) is 5.75 Å². The second-order valence-electron chi connectivity index (χ2n) is 5.64. The monoisotopic (exact) mass is 397 g/mol. The predicted molar refractivity (Wildman–Crippen MR) is 91.4 cm³/mol. The number of sulfone groups is 1. The third kappa shape index (κ3) is 3.80. The van der Waals surface area contributed by atoms with Gasteiger partial charge in [0.25, 0.3) is 6.43 Å². The van der Waals surface area contributed by atoms with Gasteiger partial charge >= 0.3 is 0 Å². The summed E-state index contributed by atoms with van der Waals surface area (Å²) in [5.41, 5.74) is -0.242. The van der Waals surface area contributed by atoms with Crippen molar-refractivity contribution in [1.82, 2.24) is 14.8 Å². The van der Waals surface area contributed by atoms with Crippen molar-refractivity contribution in [3.63, 3.8) is 0 Å². The van der Waals surface area contributed by atoms with E-state index >= 15 is 0 Å². The van der Waals surface area contributed by atoms with Crippen molar-refractivity contribution >= 4 is 9.84 Å². The van der Waals surface area contributed by atoms with Crippen molar-refractivity contribution in [2.45, 2.75) is 11.5 Å². The van der Waals surface area contributed by atoms with Gasteiger partial charge in [0.1, 0.15) is 17.3 Å². The lowest BCUT2D eigenvalue weighted by molar-refractivity contribution is 0.145. The fraction of sp³-hybridized carbons (Fsp3) is 0.176. The smallest absolute Gasteiger partial charge is 0.282 e. The molecule has 0 radical (unpaired) electrons. The Labute approximate surface area is 153 Å². The molecule has 0 fully saturated rings. The summed E-state index contributed by atoms with van der Waals surface area (Å²) in [5, 5.41) is 3.63. The Balaban J connectivity index is 2.16. The maximum atomic E-state index is 14.4. The van der Waals surface area contributed by atoms with E-state index in [0.717, 1.165) is 23.1 Å². The normalized spacial score (nSPS) is 11.8. The molecule has 3 rings (SSSR count). The van der Waals surface area contributed by atoms with Crippen LogP contribution in [0.4, 0.5) is 13.2 Å². The second kappa shape index (κ2) is 7.03. The van der Waals surface area contributed by atoms with Gasteiger partial charge in [-0.15, -0.1) is 0 Å². The number of hydrogen-bond acceptors (Lipinski definition) is 5. The van der Waals surface area contributed by atoms with E-state index in [2.05, 4.69) is 10.1 Å². The van der Waals surface area contributed by atoms with Crippen LogP contribution in [0.1, 0.15) is 12.1 Å². The number of rotatable bonds is 5. The first-order valence-electron chi connectivity index (χ1n) is 7.59. The van der Waals surface area contributed by atoms with Crippen molar-refractivity contribution in [3.05, 3.63) is 54.1 Å². The summed E-state index contributed by atoms with van der Waals surface area (Å²) in [5.74, 6) is -0.410. The van der Waals surface area contributed by atoms with E-state index in [1.807, 2.05) is 0 Å². The number of hydrogen-bond donors (Lipinski definition) is 0. The molecule has 0 aliphatic heterocycles. The van der Waals surface area contributed by atoms with Gasteiger partial charge in [-0.3, -0.25) is 0 Å². The highest BCUT2D eigenvalue weighted by atomic mass is 32.2. The zero-order chi connectivity index (χ0) is 19.8. The molecule has 2 aromatic heterocycles. The molecular weight excluding hydrogens is 383 g/mol. The first-order chi connectivity index (χ1) is 12.7. The van der Waals surface area contributed by atoms with Crippen LogP contribution in [0.25, 0.3) is 16.9 Å². The average molecular weight is 397 g/mol. The van der Waals surface area contributed by atoms with Crippen LogP contribution >= 0.6 is 0 Å². The summed E-state index contributed by atoms with van der Waals surface area (Å²) in [6.45, 7) is 0. The van der Waals surface area contributed by atoms with Gasteiger partial charge in [-0.2, -0.15) is 5.10 Å². The highest BCUT2D eigenvalue weighted by molar-refractivity contribution is 7.90. The van der Waals surface area contributed by atoms with E-state index in [1.165, 1.54) is 37.6 Å². The first kappa shape index (κ1) is 18.9. The lowest BCUT2D eigenvalue weighted by Gasteiger charge is -2.09. The minimum Gasteiger partial charge on any atom is -0.497 e. The lowest BCUT2D eigenvalue weighted by Crippen LogP contribution is -2.04. The van der Waals surface area contributed by atoms with Crippen LogP contribution in [0.3, 0.4) is 0 Å². The molecule has 1 aromatic carbocycles. The van der Waals surface area contributed by atoms with Gasteiger partial charge in [-0.05, 0) is 30.3 Å². The van der Waals surface area contributed by atoms with Gasteiger partial charge in [0.2, 0.25) is 0 Å². The Bertz CT molecular complexity index is 1080. The number of aromatic nitrogens is 3. The van der Waals surface area contributed by atoms with Gasteiger partial charge in [-0.25, -0.2) is 31.3 Å². The molecule has 3 aromatic rings. The van der Waals surface area contributed by atoms with Crippen LogP contribution in [0.15, 0.2) is 47.6 Å². The van der Waals surface area contributed by atoms with Crippen molar-refractivity contribution in [2.24, 2.45) is 0 Å². The van der Waals surface area contributed by atoms with E-state index in [1.54, 1.807) is 0 Å². The molecule has 0 saturated heterocycles. The molecule has 0 saturated carbocycles. The standard InChI is InChI=1S/C17H14F3N3O3S/c1-26-11-4-5-12(13(18)7-11)15-8-14(17(19)20)22-23(15)10-3-6-16(21-9-10)27(2,24)25/h3-9,17H,1-2H3. The zero-order valence-corrected chi connectivity index (χ0v) is 15.0. The summed E-state index contributed by atoms with van der Waals surface area (Å²) in [7, 11) is -2.14. The summed E-state index contributed by atoms with van der Waals surface area (Å²) in [6.07, 6.45) is -0.700. The minimum atomic E-state index is -3.52. The third-order valence-electron chi connectivity index (χ3n) is 3.75. The summed E-state index contributed by atoms with van der Waals surface area (Å²) in [4.78, 5) is 3.81. The van der Waals surface area contributed by atoms with E-state index in [9.17, 15) is 21.6 Å². The number of methoxy groups -OCH3 is 1. The molecule has 0 bridgehead atoms. The topological polar surface area (TPSA) is 74.1 Å². The van der Waals surface area contributed by atoms with Crippen LogP contribution in [-0.2, 0) is 9.84 Å². The van der Waals surface area contributed by atoms with E-state index in [-0.39, 0.29) is 27.7 Å². The molecule has 0 aliphatic carbocycles. The van der Waals surface area contributed by atoms with Crippen molar-refractivity contribution in [2.75, 3.05) is 13.4 Å². The highest BCUT2D eigenvalue weighted by Gasteiger charge is 2.20. The Morgan fingerprint density at radius 3 is 2.41 bits per heavy atom. The Kier molecular flexibility index (Phi) is 4.92. The summed E-state index contributed by atoms with van der Waals surface area (Å²) < 4.78 is 69.8. The highest BCUT2D eigenvalue weighted by Crippen LogP contribution is 2.31. The van der Waals surface area contributed by atoms with Crippen LogP contribution in [0.2, 0.25) is 0 Å². The van der Waals surface area contributed by atoms with Gasteiger partial charge in [-0.1, -0.05) is 0 Å². The molecule has 0 N–H and O–H groups in total. The molecule has 27 heavy (non-hydrogen) atoms. The molecule has 0 unspecified atom stereocenters. The molecule has 0 amide bonds. The van der Waals surface area contributed by atoms with E-state index < -0.39 is 27.8 Å². The molecule has 10 heteroatoms. The number of benzene rings is 1. The van der Waals surface area contributed by atoms with Gasteiger partial charge in [0, 0.05) is 17.9 Å². The molecule has 0 aliphatic rings. The maximum Gasteiger partial charge on any atom is 0.282 e. The van der Waals surface area contributed by atoms with Crippen LogP contribution in [-0.4, -0.2) is 36.5 Å². The first-order valence-corrected chi connectivity index (χ1v) is 9.48. The average Bonchev–Trinajstić information content (AvgIpc) is 3.06. The quantitative estimate of drug-likeness (QED) is 0.660. The number of ether oxygens (including phenoxy) is 1.